The predicted octanol–water partition coefficient (Wildman–Crippen LogP) is 2.91. The lowest BCUT2D eigenvalue weighted by molar-refractivity contribution is 0.0622. The number of aromatic hydroxyl groups is 2. The van der Waals surface area contributed by atoms with Crippen molar-refractivity contribution in [2.24, 2.45) is 5.92 Å². The van der Waals surface area contributed by atoms with E-state index in [4.69, 9.17) is 0 Å². The zero-order valence-corrected chi connectivity index (χ0v) is 17.9. The van der Waals surface area contributed by atoms with Gasteiger partial charge < -0.3 is 20.4 Å². The Morgan fingerprint density at radius 3 is 2.22 bits per heavy atom. The molecule has 8 heteroatoms. The molecule has 0 saturated carbocycles. The van der Waals surface area contributed by atoms with Crippen LogP contribution >= 0.6 is 11.3 Å². The van der Waals surface area contributed by atoms with Gasteiger partial charge in [-0.05, 0) is 37.9 Å². The van der Waals surface area contributed by atoms with Gasteiger partial charge in [0.1, 0.15) is 11.5 Å². The third-order valence-corrected chi connectivity index (χ3v) is 8.13. The molecule has 3 fully saturated rings. The summed E-state index contributed by atoms with van der Waals surface area (Å²) < 4.78 is 0. The largest absolute Gasteiger partial charge is 0.506 e. The van der Waals surface area contributed by atoms with Gasteiger partial charge in [0.15, 0.2) is 5.78 Å². The van der Waals surface area contributed by atoms with Crippen LogP contribution in [0.4, 0.5) is 0 Å². The molecule has 162 valence electrons. The van der Waals surface area contributed by atoms with E-state index in [1.807, 2.05) is 0 Å². The van der Waals surface area contributed by atoms with E-state index in [0.29, 0.717) is 16.7 Å². The maximum Gasteiger partial charge on any atom is 0.261 e. The van der Waals surface area contributed by atoms with Crippen LogP contribution in [0.1, 0.15) is 53.7 Å². The van der Waals surface area contributed by atoms with Gasteiger partial charge in [-0.25, -0.2) is 0 Å². The third kappa shape index (κ3) is 2.66. The topological polar surface area (TPSA) is 107 Å². The SMILES string of the molecule is O=C(NC1CN2CCC1CC2)c1cc2c(s1)C(=O)c1c(c(O)c3ccccc3c1O)C2=O. The number of piperidine rings is 3. The number of nitrogens with zero attached hydrogens (tertiary/aromatic N) is 1. The molecule has 2 aromatic carbocycles. The summed E-state index contributed by atoms with van der Waals surface area (Å²) in [5, 5.41) is 25.2. The Kier molecular flexibility index (Phi) is 4.18. The fourth-order valence-corrected chi connectivity index (χ4v) is 6.31. The van der Waals surface area contributed by atoms with Crippen LogP contribution in [0, 0.1) is 5.92 Å². The van der Waals surface area contributed by atoms with Gasteiger partial charge in [-0.3, -0.25) is 14.4 Å². The van der Waals surface area contributed by atoms with Gasteiger partial charge in [0.2, 0.25) is 5.78 Å². The van der Waals surface area contributed by atoms with E-state index in [-0.39, 0.29) is 49.9 Å². The smallest absolute Gasteiger partial charge is 0.261 e. The summed E-state index contributed by atoms with van der Waals surface area (Å²) in [6, 6.07) is 8.02. The Balaban J connectivity index is 1.39. The summed E-state index contributed by atoms with van der Waals surface area (Å²) >= 11 is 0.959. The number of phenolic OH excluding ortho intramolecular Hbond substituents is 2. The van der Waals surface area contributed by atoms with Crippen LogP contribution in [0.5, 0.6) is 11.5 Å². The average Bonchev–Trinajstić information content (AvgIpc) is 3.27. The lowest BCUT2D eigenvalue weighted by Crippen LogP contribution is -2.57. The molecule has 1 unspecified atom stereocenters. The monoisotopic (exact) mass is 448 g/mol. The number of carbonyl (C=O) groups excluding carboxylic acids is 3. The molecule has 3 aliphatic heterocycles. The normalized spacial score (nSPS) is 23.8. The second-order valence-electron chi connectivity index (χ2n) is 8.72. The van der Waals surface area contributed by atoms with Crippen LogP contribution in [0.25, 0.3) is 10.8 Å². The fourth-order valence-electron chi connectivity index (χ4n) is 5.30. The lowest BCUT2D eigenvalue weighted by atomic mass is 9.84. The molecule has 1 aromatic heterocycles. The minimum Gasteiger partial charge on any atom is -0.506 e. The van der Waals surface area contributed by atoms with E-state index in [9.17, 15) is 24.6 Å². The molecule has 3 N–H and O–H groups in total. The molecule has 7 nitrogen and oxygen atoms in total. The number of fused-ring (bicyclic) bond motifs is 6. The Morgan fingerprint density at radius 1 is 1.00 bits per heavy atom. The molecule has 3 aromatic rings. The fraction of sp³-hybridized carbons (Fsp3) is 0.292. The summed E-state index contributed by atoms with van der Waals surface area (Å²) in [6.45, 7) is 2.94. The summed E-state index contributed by atoms with van der Waals surface area (Å²) in [5.41, 5.74) is -0.317. The second-order valence-corrected chi connectivity index (χ2v) is 9.77. The molecule has 1 atom stereocenters. The van der Waals surface area contributed by atoms with Crippen molar-refractivity contribution in [3.05, 3.63) is 56.8 Å². The first-order valence-electron chi connectivity index (χ1n) is 10.7. The van der Waals surface area contributed by atoms with E-state index in [2.05, 4.69) is 10.2 Å². The number of nitrogens with one attached hydrogen (secondary N) is 1. The van der Waals surface area contributed by atoms with Gasteiger partial charge >= 0.3 is 0 Å². The quantitative estimate of drug-likeness (QED) is 0.407. The first kappa shape index (κ1) is 19.5. The summed E-state index contributed by atoms with van der Waals surface area (Å²) in [4.78, 5) is 42.2. The molecule has 2 bridgehead atoms. The van der Waals surface area contributed by atoms with Crippen molar-refractivity contribution in [2.75, 3.05) is 19.6 Å². The number of rotatable bonds is 2. The van der Waals surface area contributed by atoms with Crippen LogP contribution in [-0.2, 0) is 0 Å². The van der Waals surface area contributed by atoms with E-state index >= 15 is 0 Å². The summed E-state index contributed by atoms with van der Waals surface area (Å²) in [6.07, 6.45) is 2.12. The maximum absolute atomic E-state index is 13.2. The summed E-state index contributed by atoms with van der Waals surface area (Å²) in [7, 11) is 0. The zero-order chi connectivity index (χ0) is 22.1. The van der Waals surface area contributed by atoms with Gasteiger partial charge in [0.05, 0.1) is 20.9 Å². The van der Waals surface area contributed by atoms with Crippen LogP contribution in [-0.4, -0.2) is 58.3 Å². The average molecular weight is 449 g/mol. The number of hydrogen-bond acceptors (Lipinski definition) is 7. The van der Waals surface area contributed by atoms with Gasteiger partial charge in [0, 0.05) is 28.9 Å². The molecule has 32 heavy (non-hydrogen) atoms. The van der Waals surface area contributed by atoms with Crippen molar-refractivity contribution in [1.29, 1.82) is 0 Å². The Bertz CT molecular complexity index is 1260. The predicted molar refractivity (Wildman–Crippen MR) is 119 cm³/mol. The summed E-state index contributed by atoms with van der Waals surface area (Å²) in [5.74, 6) is -1.63. The highest BCUT2D eigenvalue weighted by Crippen LogP contribution is 2.45. The van der Waals surface area contributed by atoms with Crippen LogP contribution in [0.3, 0.4) is 0 Å². The maximum atomic E-state index is 13.2. The zero-order valence-electron chi connectivity index (χ0n) is 17.1. The molecule has 1 amide bonds. The number of benzene rings is 2. The van der Waals surface area contributed by atoms with Crippen LogP contribution < -0.4 is 5.32 Å². The number of hydrogen-bond donors (Lipinski definition) is 3. The van der Waals surface area contributed by atoms with Gasteiger partial charge in [0.25, 0.3) is 5.91 Å². The van der Waals surface area contributed by atoms with Gasteiger partial charge in [-0.2, -0.15) is 0 Å². The molecule has 1 aliphatic carbocycles. The number of ketones is 2. The number of thiophene rings is 1. The van der Waals surface area contributed by atoms with Crippen LogP contribution in [0.15, 0.2) is 30.3 Å². The highest BCUT2D eigenvalue weighted by molar-refractivity contribution is 7.16. The van der Waals surface area contributed by atoms with Crippen molar-refractivity contribution in [1.82, 2.24) is 10.2 Å². The standard InChI is InChI=1S/C24H20N2O5S/c27-19-12-3-1-2-4-13(12)20(28)18-17(19)21(29)14-9-16(32-23(14)22(18)30)24(31)25-15-10-26-7-5-11(15)6-8-26/h1-4,9,11,15,27-28H,5-8,10H2,(H,25,31). The molecule has 4 aliphatic rings. The minimum absolute atomic E-state index is 0.0612. The highest BCUT2D eigenvalue weighted by Gasteiger charge is 2.39. The van der Waals surface area contributed by atoms with Gasteiger partial charge in [-0.1, -0.05) is 24.3 Å². The first-order valence-corrected chi connectivity index (χ1v) is 11.5. The van der Waals surface area contributed by atoms with Crippen molar-refractivity contribution in [3.8, 4) is 11.5 Å². The number of carbonyl (C=O) groups is 3. The Morgan fingerprint density at radius 2 is 1.62 bits per heavy atom. The van der Waals surface area contributed by atoms with E-state index in [0.717, 1.165) is 43.8 Å². The Labute approximate surface area is 187 Å². The molecule has 0 radical (unpaired) electrons. The second kappa shape index (κ2) is 6.88. The third-order valence-electron chi connectivity index (χ3n) is 6.99. The molecular formula is C24H20N2O5S. The number of phenols is 2. The Hall–Kier alpha value is -3.23. The van der Waals surface area contributed by atoms with Crippen molar-refractivity contribution >= 4 is 39.6 Å². The lowest BCUT2D eigenvalue weighted by Gasteiger charge is -2.44. The molecule has 3 saturated heterocycles. The van der Waals surface area contributed by atoms with Gasteiger partial charge in [-0.15, -0.1) is 11.3 Å². The highest BCUT2D eigenvalue weighted by atomic mass is 32.1. The molecule has 0 spiro atoms. The van der Waals surface area contributed by atoms with E-state index in [1.54, 1.807) is 24.3 Å². The first-order chi connectivity index (χ1) is 15.4. The van der Waals surface area contributed by atoms with Crippen LogP contribution in [0.2, 0.25) is 0 Å². The van der Waals surface area contributed by atoms with E-state index < -0.39 is 11.6 Å². The molecule has 7 rings (SSSR count). The van der Waals surface area contributed by atoms with Crippen molar-refractivity contribution in [3.63, 3.8) is 0 Å². The minimum atomic E-state index is -0.564. The number of amides is 1. The van der Waals surface area contributed by atoms with Crippen molar-refractivity contribution in [2.45, 2.75) is 18.9 Å². The van der Waals surface area contributed by atoms with Crippen molar-refractivity contribution < 1.29 is 24.6 Å². The molecule has 4 heterocycles. The van der Waals surface area contributed by atoms with E-state index in [1.165, 1.54) is 6.07 Å². The molecular weight excluding hydrogens is 428 g/mol.